The smallest absolute Gasteiger partial charge is 0.263 e. The van der Waals surface area contributed by atoms with Crippen LogP contribution in [0.3, 0.4) is 0 Å². The average molecular weight is 282 g/mol. The average Bonchev–Trinajstić information content (AvgIpc) is 2.68. The van der Waals surface area contributed by atoms with Crippen LogP contribution in [0, 0.1) is 0 Å². The molecule has 0 bridgehead atoms. The normalized spacial score (nSPS) is 19.2. The Labute approximate surface area is 113 Å². The number of hydrogen-bond donors (Lipinski definition) is 2. The summed E-state index contributed by atoms with van der Waals surface area (Å²) in [6, 6.07) is 6.70. The van der Waals surface area contributed by atoms with Gasteiger partial charge in [-0.05, 0) is 25.0 Å². The molecule has 1 heterocycles. The Balaban J connectivity index is 2.34. The highest BCUT2D eigenvalue weighted by Crippen LogP contribution is 2.23. The van der Waals surface area contributed by atoms with Crippen LogP contribution in [0.15, 0.2) is 34.2 Å². The number of aliphatic imine (C=N–C) groups is 1. The zero-order chi connectivity index (χ0) is 14.1. The molecule has 19 heavy (non-hydrogen) atoms. The molecule has 0 atom stereocenters. The van der Waals surface area contributed by atoms with Crippen LogP contribution in [0.25, 0.3) is 0 Å². The van der Waals surface area contributed by atoms with Gasteiger partial charge in [-0.1, -0.05) is 26.0 Å². The largest absolute Gasteiger partial charge is 0.388 e. The van der Waals surface area contributed by atoms with Crippen molar-refractivity contribution in [3.63, 3.8) is 0 Å². The minimum Gasteiger partial charge on any atom is -0.388 e. The summed E-state index contributed by atoms with van der Waals surface area (Å²) in [5, 5.41) is 10.2. The third-order valence-electron chi connectivity index (χ3n) is 3.51. The number of sulfonamides is 1. The molecule has 5 nitrogen and oxygen atoms in total. The molecule has 104 valence electrons. The van der Waals surface area contributed by atoms with Crippen molar-refractivity contribution in [3.05, 3.63) is 29.8 Å². The van der Waals surface area contributed by atoms with Crippen molar-refractivity contribution in [2.75, 3.05) is 6.54 Å². The fourth-order valence-corrected chi connectivity index (χ4v) is 3.20. The molecular weight excluding hydrogens is 264 g/mol. The lowest BCUT2D eigenvalue weighted by atomic mass is 9.98. The quantitative estimate of drug-likeness (QED) is 0.873. The molecule has 0 aromatic heterocycles. The second-order valence-electron chi connectivity index (χ2n) is 4.70. The van der Waals surface area contributed by atoms with E-state index in [2.05, 4.69) is 9.71 Å². The molecule has 1 aromatic rings. The topological polar surface area (TPSA) is 78.8 Å². The Morgan fingerprint density at radius 3 is 2.53 bits per heavy atom. The lowest BCUT2D eigenvalue weighted by molar-refractivity contribution is 0.0419. The maximum absolute atomic E-state index is 11.9. The molecule has 2 rings (SSSR count). The van der Waals surface area contributed by atoms with E-state index in [0.717, 1.165) is 0 Å². The van der Waals surface area contributed by atoms with Gasteiger partial charge in [0.25, 0.3) is 10.0 Å². The van der Waals surface area contributed by atoms with Crippen LogP contribution < -0.4 is 4.72 Å². The lowest BCUT2D eigenvalue weighted by Gasteiger charge is -2.22. The highest BCUT2D eigenvalue weighted by Gasteiger charge is 2.31. The van der Waals surface area contributed by atoms with Crippen molar-refractivity contribution < 1.29 is 13.5 Å². The molecule has 6 heteroatoms. The van der Waals surface area contributed by atoms with Crippen LogP contribution in [0.4, 0.5) is 0 Å². The molecule has 0 saturated carbocycles. The summed E-state index contributed by atoms with van der Waals surface area (Å²) < 4.78 is 26.2. The van der Waals surface area contributed by atoms with E-state index >= 15 is 0 Å². The molecular formula is C13H18N2O3S. The summed E-state index contributed by atoms with van der Waals surface area (Å²) in [7, 11) is -3.50. The Morgan fingerprint density at radius 1 is 1.26 bits per heavy atom. The van der Waals surface area contributed by atoms with Crippen molar-refractivity contribution in [2.24, 2.45) is 4.99 Å². The Kier molecular flexibility index (Phi) is 3.64. The monoisotopic (exact) mass is 282 g/mol. The van der Waals surface area contributed by atoms with Crippen LogP contribution in [0.5, 0.6) is 0 Å². The molecule has 0 aliphatic carbocycles. The number of nitrogens with one attached hydrogen (secondary N) is 1. The molecule has 1 aromatic carbocycles. The van der Waals surface area contributed by atoms with Crippen molar-refractivity contribution in [2.45, 2.75) is 37.2 Å². The molecule has 0 unspecified atom stereocenters. The summed E-state index contributed by atoms with van der Waals surface area (Å²) in [5.41, 5.74) is -0.312. The van der Waals surface area contributed by atoms with Crippen LogP contribution in [-0.2, 0) is 10.0 Å². The van der Waals surface area contributed by atoms with E-state index in [1.165, 1.54) is 0 Å². The lowest BCUT2D eigenvalue weighted by Crippen LogP contribution is -2.32. The number of hydrogen-bond acceptors (Lipinski definition) is 4. The van der Waals surface area contributed by atoms with Gasteiger partial charge in [0, 0.05) is 5.56 Å². The third kappa shape index (κ3) is 2.64. The molecule has 0 spiro atoms. The predicted molar refractivity (Wildman–Crippen MR) is 73.7 cm³/mol. The van der Waals surface area contributed by atoms with Crippen molar-refractivity contribution in [3.8, 4) is 0 Å². The van der Waals surface area contributed by atoms with Crippen LogP contribution in [-0.4, -0.2) is 31.5 Å². The predicted octanol–water partition coefficient (Wildman–Crippen LogP) is 1.28. The highest BCUT2D eigenvalue weighted by molar-refractivity contribution is 7.90. The second kappa shape index (κ2) is 4.94. The summed E-state index contributed by atoms with van der Waals surface area (Å²) in [6.07, 6.45) is 1.16. The number of nitrogens with zero attached hydrogens (tertiary/aromatic N) is 1. The molecule has 2 N–H and O–H groups in total. The fraction of sp³-hybridized carbons (Fsp3) is 0.462. The number of benzene rings is 1. The number of fused-ring (bicyclic) bond motifs is 1. The standard InChI is InChI=1S/C13H18N2O3S/c1-3-13(16,4-2)9-14-12-10-7-5-6-8-11(10)19(17,18)15-12/h5-8,16H,3-4,9H2,1-2H3,(H,14,15). The van der Waals surface area contributed by atoms with Crippen molar-refractivity contribution in [1.82, 2.24) is 4.72 Å². The maximum Gasteiger partial charge on any atom is 0.263 e. The molecule has 0 saturated heterocycles. The van der Waals surface area contributed by atoms with Gasteiger partial charge in [-0.15, -0.1) is 0 Å². The number of aliphatic hydroxyl groups is 1. The van der Waals surface area contributed by atoms with E-state index in [-0.39, 0.29) is 11.4 Å². The molecule has 0 amide bonds. The first-order valence-corrected chi connectivity index (χ1v) is 7.79. The first-order valence-electron chi connectivity index (χ1n) is 6.31. The van der Waals surface area contributed by atoms with Crippen LogP contribution >= 0.6 is 0 Å². The minimum atomic E-state index is -3.50. The Bertz CT molecular complexity index is 604. The van der Waals surface area contributed by atoms with E-state index in [0.29, 0.717) is 24.2 Å². The Hall–Kier alpha value is -1.40. The summed E-state index contributed by atoms with van der Waals surface area (Å²) in [4.78, 5) is 4.49. The van der Waals surface area contributed by atoms with Gasteiger partial charge in [-0.25, -0.2) is 8.42 Å². The molecule has 0 fully saturated rings. The fourth-order valence-electron chi connectivity index (χ4n) is 1.95. The molecule has 1 aliphatic rings. The van der Waals surface area contributed by atoms with Crippen LogP contribution in [0.2, 0.25) is 0 Å². The summed E-state index contributed by atoms with van der Waals surface area (Å²) in [5.74, 6) is 0.316. The van der Waals surface area contributed by atoms with Gasteiger partial charge in [0.05, 0.1) is 17.0 Å². The second-order valence-corrected chi connectivity index (χ2v) is 6.35. The zero-order valence-electron chi connectivity index (χ0n) is 11.0. The third-order valence-corrected chi connectivity index (χ3v) is 4.91. The highest BCUT2D eigenvalue weighted by atomic mass is 32.2. The zero-order valence-corrected chi connectivity index (χ0v) is 11.9. The van der Waals surface area contributed by atoms with Crippen LogP contribution in [0.1, 0.15) is 32.3 Å². The van der Waals surface area contributed by atoms with Crippen molar-refractivity contribution in [1.29, 1.82) is 0 Å². The number of amidine groups is 1. The van der Waals surface area contributed by atoms with E-state index in [4.69, 9.17) is 0 Å². The minimum absolute atomic E-state index is 0.187. The van der Waals surface area contributed by atoms with Gasteiger partial charge in [-0.3, -0.25) is 9.71 Å². The first kappa shape index (κ1) is 14.0. The first-order chi connectivity index (χ1) is 8.92. The van der Waals surface area contributed by atoms with E-state index in [1.54, 1.807) is 24.3 Å². The van der Waals surface area contributed by atoms with E-state index < -0.39 is 15.6 Å². The SMILES string of the molecule is CCC(O)(CC)CN=C1NS(=O)(=O)c2ccccc21. The molecule has 1 aliphatic heterocycles. The van der Waals surface area contributed by atoms with Gasteiger partial charge in [-0.2, -0.15) is 0 Å². The van der Waals surface area contributed by atoms with Crippen molar-refractivity contribution >= 4 is 15.9 Å². The van der Waals surface area contributed by atoms with Gasteiger partial charge >= 0.3 is 0 Å². The van der Waals surface area contributed by atoms with Gasteiger partial charge in [0.1, 0.15) is 5.84 Å². The van der Waals surface area contributed by atoms with Gasteiger partial charge in [0.15, 0.2) is 0 Å². The summed E-state index contributed by atoms with van der Waals surface area (Å²) in [6.45, 7) is 3.96. The van der Waals surface area contributed by atoms with Gasteiger partial charge in [0.2, 0.25) is 0 Å². The van der Waals surface area contributed by atoms with E-state index in [1.807, 2.05) is 13.8 Å². The van der Waals surface area contributed by atoms with Gasteiger partial charge < -0.3 is 5.11 Å². The van der Waals surface area contributed by atoms with E-state index in [9.17, 15) is 13.5 Å². The Morgan fingerprint density at radius 2 is 1.89 bits per heavy atom. The summed E-state index contributed by atoms with van der Waals surface area (Å²) >= 11 is 0. The molecule has 0 radical (unpaired) electrons. The number of rotatable bonds is 4. The maximum atomic E-state index is 11.9.